The van der Waals surface area contributed by atoms with Gasteiger partial charge in [0.05, 0.1) is 6.20 Å². The van der Waals surface area contributed by atoms with Crippen LogP contribution in [0, 0.1) is 6.92 Å². The van der Waals surface area contributed by atoms with E-state index in [0.717, 1.165) is 11.4 Å². The zero-order chi connectivity index (χ0) is 12.1. The predicted molar refractivity (Wildman–Crippen MR) is 70.1 cm³/mol. The minimum Gasteiger partial charge on any atom is -0.330 e. The lowest BCUT2D eigenvalue weighted by Gasteiger charge is -2.06. The molecular formula is C13H15N3S. The monoisotopic (exact) mass is 245 g/mol. The average molecular weight is 245 g/mol. The Hall–Kier alpha value is -1.39. The first-order valence-electron chi connectivity index (χ1n) is 5.53. The van der Waals surface area contributed by atoms with Crippen molar-refractivity contribution in [2.45, 2.75) is 23.3 Å². The highest BCUT2D eigenvalue weighted by molar-refractivity contribution is 7.99. The molecule has 17 heavy (non-hydrogen) atoms. The Kier molecular flexibility index (Phi) is 4.12. The van der Waals surface area contributed by atoms with Crippen molar-refractivity contribution in [3.63, 3.8) is 0 Å². The quantitative estimate of drug-likeness (QED) is 0.899. The molecule has 0 bridgehead atoms. The molecule has 2 N–H and O–H groups in total. The summed E-state index contributed by atoms with van der Waals surface area (Å²) in [7, 11) is 0. The number of rotatable bonds is 4. The molecule has 88 valence electrons. The van der Waals surface area contributed by atoms with E-state index < -0.39 is 0 Å². The minimum absolute atomic E-state index is 0.692. The van der Waals surface area contributed by atoms with Crippen LogP contribution in [0.4, 0.5) is 0 Å². The molecule has 1 aromatic carbocycles. The fourth-order valence-electron chi connectivity index (χ4n) is 1.63. The third-order valence-corrected chi connectivity index (χ3v) is 3.40. The molecule has 0 aliphatic rings. The number of nitrogens with two attached hydrogens (primary N) is 1. The number of hydrogen-bond donors (Lipinski definition) is 1. The minimum atomic E-state index is 0.692. The van der Waals surface area contributed by atoms with Gasteiger partial charge in [-0.3, -0.25) is 4.98 Å². The molecule has 3 nitrogen and oxygen atoms in total. The number of benzene rings is 1. The van der Waals surface area contributed by atoms with Crippen LogP contribution in [0.2, 0.25) is 0 Å². The van der Waals surface area contributed by atoms with Gasteiger partial charge in [-0.1, -0.05) is 17.8 Å². The van der Waals surface area contributed by atoms with Gasteiger partial charge in [0.1, 0.15) is 5.03 Å². The van der Waals surface area contributed by atoms with Crippen molar-refractivity contribution in [3.05, 3.63) is 47.9 Å². The van der Waals surface area contributed by atoms with Crippen LogP contribution in [-0.2, 0) is 6.42 Å². The smallest absolute Gasteiger partial charge is 0.119 e. The van der Waals surface area contributed by atoms with E-state index in [0.29, 0.717) is 6.54 Å². The van der Waals surface area contributed by atoms with Gasteiger partial charge in [-0.05, 0) is 43.1 Å². The van der Waals surface area contributed by atoms with Crippen molar-refractivity contribution in [3.8, 4) is 0 Å². The van der Waals surface area contributed by atoms with Crippen molar-refractivity contribution in [1.82, 2.24) is 9.97 Å². The van der Waals surface area contributed by atoms with Crippen molar-refractivity contribution in [2.24, 2.45) is 5.73 Å². The lowest BCUT2D eigenvalue weighted by molar-refractivity contribution is 0.954. The molecule has 0 radical (unpaired) electrons. The van der Waals surface area contributed by atoms with E-state index in [9.17, 15) is 0 Å². The Morgan fingerprint density at radius 1 is 1.29 bits per heavy atom. The summed E-state index contributed by atoms with van der Waals surface area (Å²) in [4.78, 5) is 9.48. The summed E-state index contributed by atoms with van der Waals surface area (Å²) < 4.78 is 0. The first-order chi connectivity index (χ1) is 8.29. The second-order valence-electron chi connectivity index (χ2n) is 3.77. The molecule has 0 atom stereocenters. The highest BCUT2D eigenvalue weighted by Crippen LogP contribution is 2.26. The third-order valence-electron chi connectivity index (χ3n) is 2.49. The normalized spacial score (nSPS) is 10.5. The predicted octanol–water partition coefficient (Wildman–Crippen LogP) is 2.44. The molecular weight excluding hydrogens is 230 g/mol. The van der Waals surface area contributed by atoms with Crippen LogP contribution in [0.3, 0.4) is 0 Å². The average Bonchev–Trinajstić information content (AvgIpc) is 2.34. The van der Waals surface area contributed by atoms with E-state index in [-0.39, 0.29) is 0 Å². The number of aryl methyl sites for hydroxylation is 1. The Labute approximate surface area is 105 Å². The van der Waals surface area contributed by atoms with Gasteiger partial charge >= 0.3 is 0 Å². The van der Waals surface area contributed by atoms with E-state index in [2.05, 4.69) is 35.1 Å². The molecule has 0 saturated carbocycles. The Morgan fingerprint density at radius 2 is 2.18 bits per heavy atom. The van der Waals surface area contributed by atoms with Gasteiger partial charge < -0.3 is 5.73 Å². The van der Waals surface area contributed by atoms with Crippen molar-refractivity contribution in [2.75, 3.05) is 6.54 Å². The van der Waals surface area contributed by atoms with Gasteiger partial charge in [0.25, 0.3) is 0 Å². The third kappa shape index (κ3) is 3.28. The zero-order valence-electron chi connectivity index (χ0n) is 9.76. The molecule has 0 aliphatic carbocycles. The summed E-state index contributed by atoms with van der Waals surface area (Å²) in [6.07, 6.45) is 6.09. The van der Waals surface area contributed by atoms with Crippen molar-refractivity contribution < 1.29 is 0 Å². The van der Waals surface area contributed by atoms with Crippen LogP contribution in [0.5, 0.6) is 0 Å². The standard InChI is InChI=1S/C13H15N3S/c1-10-8-12(3-2-11(10)4-5-14)17-13-9-15-6-7-16-13/h2-3,6-9H,4-5,14H2,1H3. The van der Waals surface area contributed by atoms with Crippen LogP contribution in [-0.4, -0.2) is 16.5 Å². The summed E-state index contributed by atoms with van der Waals surface area (Å²) in [5.41, 5.74) is 8.17. The van der Waals surface area contributed by atoms with Gasteiger partial charge in [0.15, 0.2) is 0 Å². The van der Waals surface area contributed by atoms with E-state index in [4.69, 9.17) is 5.73 Å². The zero-order valence-corrected chi connectivity index (χ0v) is 10.6. The molecule has 0 saturated heterocycles. The number of hydrogen-bond acceptors (Lipinski definition) is 4. The SMILES string of the molecule is Cc1cc(Sc2cnccn2)ccc1CCN. The fourth-order valence-corrected chi connectivity index (χ4v) is 2.47. The van der Waals surface area contributed by atoms with E-state index in [1.807, 2.05) is 0 Å². The second-order valence-corrected chi connectivity index (χ2v) is 4.87. The molecule has 4 heteroatoms. The van der Waals surface area contributed by atoms with Gasteiger partial charge in [0, 0.05) is 17.3 Å². The van der Waals surface area contributed by atoms with Crippen molar-refractivity contribution >= 4 is 11.8 Å². The van der Waals surface area contributed by atoms with Crippen LogP contribution >= 0.6 is 11.8 Å². The Bertz CT molecular complexity index is 485. The highest BCUT2D eigenvalue weighted by atomic mass is 32.2. The van der Waals surface area contributed by atoms with Crippen LogP contribution < -0.4 is 5.73 Å². The largest absolute Gasteiger partial charge is 0.330 e. The summed E-state index contributed by atoms with van der Waals surface area (Å²) in [5, 5.41) is 0.915. The summed E-state index contributed by atoms with van der Waals surface area (Å²) in [6, 6.07) is 6.42. The molecule has 0 amide bonds. The Morgan fingerprint density at radius 3 is 2.82 bits per heavy atom. The van der Waals surface area contributed by atoms with Crippen LogP contribution in [0.15, 0.2) is 46.7 Å². The summed E-state index contributed by atoms with van der Waals surface area (Å²) in [5.74, 6) is 0. The Balaban J connectivity index is 2.15. The van der Waals surface area contributed by atoms with Gasteiger partial charge in [-0.15, -0.1) is 0 Å². The molecule has 2 rings (SSSR count). The van der Waals surface area contributed by atoms with E-state index in [1.165, 1.54) is 16.0 Å². The molecule has 1 heterocycles. The topological polar surface area (TPSA) is 51.8 Å². The maximum absolute atomic E-state index is 5.57. The molecule has 0 spiro atoms. The second kappa shape index (κ2) is 5.80. The molecule has 0 aliphatic heterocycles. The van der Waals surface area contributed by atoms with Gasteiger partial charge in [-0.25, -0.2) is 4.98 Å². The van der Waals surface area contributed by atoms with Gasteiger partial charge in [0.2, 0.25) is 0 Å². The molecule has 2 aromatic rings. The summed E-state index contributed by atoms with van der Waals surface area (Å²) >= 11 is 1.62. The number of nitrogens with zero attached hydrogens (tertiary/aromatic N) is 2. The van der Waals surface area contributed by atoms with E-state index >= 15 is 0 Å². The lowest BCUT2D eigenvalue weighted by Crippen LogP contribution is -2.03. The summed E-state index contributed by atoms with van der Waals surface area (Å²) in [6.45, 7) is 2.81. The molecule has 0 fully saturated rings. The first-order valence-corrected chi connectivity index (χ1v) is 6.34. The lowest BCUT2D eigenvalue weighted by atomic mass is 10.1. The first kappa shape index (κ1) is 12.1. The molecule has 1 aromatic heterocycles. The maximum Gasteiger partial charge on any atom is 0.119 e. The van der Waals surface area contributed by atoms with Gasteiger partial charge in [-0.2, -0.15) is 0 Å². The molecule has 0 unspecified atom stereocenters. The highest BCUT2D eigenvalue weighted by Gasteiger charge is 2.02. The van der Waals surface area contributed by atoms with Crippen molar-refractivity contribution in [1.29, 1.82) is 0 Å². The van der Waals surface area contributed by atoms with E-state index in [1.54, 1.807) is 30.4 Å². The van der Waals surface area contributed by atoms with Crippen LogP contribution in [0.25, 0.3) is 0 Å². The fraction of sp³-hybridized carbons (Fsp3) is 0.231. The van der Waals surface area contributed by atoms with Crippen LogP contribution in [0.1, 0.15) is 11.1 Å². The number of aromatic nitrogens is 2. The maximum atomic E-state index is 5.57.